The lowest BCUT2D eigenvalue weighted by atomic mass is 10.2. The first kappa shape index (κ1) is 11.7. The fourth-order valence-electron chi connectivity index (χ4n) is 1.42. The second kappa shape index (κ2) is 4.63. The van der Waals surface area contributed by atoms with Gasteiger partial charge < -0.3 is 16.4 Å². The van der Waals surface area contributed by atoms with Gasteiger partial charge in [0.1, 0.15) is 0 Å². The van der Waals surface area contributed by atoms with Gasteiger partial charge in [0, 0.05) is 11.6 Å². The standard InChI is InChI=1S/C11H12ClN3O2/c12-8-4-3-7(14-11(13)17)5-9(8)15-10(16)6-1-2-6/h3-6H,1-2H2,(H,15,16)(H3,13,14,17). The molecule has 0 bridgehead atoms. The molecular weight excluding hydrogens is 242 g/mol. The van der Waals surface area contributed by atoms with Crippen LogP contribution < -0.4 is 16.4 Å². The van der Waals surface area contributed by atoms with E-state index < -0.39 is 6.03 Å². The molecule has 0 aromatic heterocycles. The summed E-state index contributed by atoms with van der Waals surface area (Å²) >= 11 is 5.94. The number of carbonyl (C=O) groups excluding carboxylic acids is 2. The van der Waals surface area contributed by atoms with Crippen LogP contribution in [0.25, 0.3) is 0 Å². The van der Waals surface area contributed by atoms with Gasteiger partial charge in [-0.2, -0.15) is 0 Å². The number of benzene rings is 1. The molecule has 0 saturated heterocycles. The fraction of sp³-hybridized carbons (Fsp3) is 0.273. The Labute approximate surface area is 103 Å². The number of nitrogens with one attached hydrogen (secondary N) is 2. The van der Waals surface area contributed by atoms with Crippen molar-refractivity contribution in [1.29, 1.82) is 0 Å². The number of rotatable bonds is 3. The summed E-state index contributed by atoms with van der Waals surface area (Å²) < 4.78 is 0. The van der Waals surface area contributed by atoms with Crippen molar-refractivity contribution >= 4 is 34.9 Å². The van der Waals surface area contributed by atoms with E-state index in [0.29, 0.717) is 16.4 Å². The van der Waals surface area contributed by atoms with Gasteiger partial charge >= 0.3 is 6.03 Å². The number of amides is 3. The number of halogens is 1. The Morgan fingerprint density at radius 3 is 2.59 bits per heavy atom. The molecule has 4 N–H and O–H groups in total. The van der Waals surface area contributed by atoms with E-state index in [1.807, 2.05) is 0 Å². The van der Waals surface area contributed by atoms with E-state index in [-0.39, 0.29) is 11.8 Å². The second-order valence-corrected chi connectivity index (χ2v) is 4.35. The molecule has 3 amide bonds. The molecule has 1 aliphatic carbocycles. The van der Waals surface area contributed by atoms with Crippen molar-refractivity contribution in [3.63, 3.8) is 0 Å². The number of urea groups is 1. The van der Waals surface area contributed by atoms with E-state index in [4.69, 9.17) is 17.3 Å². The molecule has 1 aromatic carbocycles. The van der Waals surface area contributed by atoms with Gasteiger partial charge in [0.2, 0.25) is 5.91 Å². The zero-order valence-electron chi connectivity index (χ0n) is 9.00. The van der Waals surface area contributed by atoms with E-state index in [2.05, 4.69) is 10.6 Å². The summed E-state index contributed by atoms with van der Waals surface area (Å²) in [5.74, 6) is 0.0574. The molecule has 0 radical (unpaired) electrons. The highest BCUT2D eigenvalue weighted by molar-refractivity contribution is 6.33. The molecule has 6 heteroatoms. The molecule has 90 valence electrons. The lowest BCUT2D eigenvalue weighted by Crippen LogP contribution is -2.19. The van der Waals surface area contributed by atoms with Crippen LogP contribution >= 0.6 is 11.6 Å². The molecular formula is C11H12ClN3O2. The van der Waals surface area contributed by atoms with Crippen molar-refractivity contribution in [2.75, 3.05) is 10.6 Å². The third kappa shape index (κ3) is 3.10. The Morgan fingerprint density at radius 1 is 1.29 bits per heavy atom. The summed E-state index contributed by atoms with van der Waals surface area (Å²) in [5.41, 5.74) is 5.98. The summed E-state index contributed by atoms with van der Waals surface area (Å²) in [4.78, 5) is 22.3. The Kier molecular flexibility index (Phi) is 3.19. The average molecular weight is 254 g/mol. The summed E-state index contributed by atoms with van der Waals surface area (Å²) in [6.07, 6.45) is 1.84. The zero-order chi connectivity index (χ0) is 12.4. The minimum absolute atomic E-state index is 0.0388. The predicted octanol–water partition coefficient (Wildman–Crippen LogP) is 2.18. The first-order chi connectivity index (χ1) is 8.06. The molecule has 17 heavy (non-hydrogen) atoms. The Morgan fingerprint density at radius 2 is 2.00 bits per heavy atom. The summed E-state index contributed by atoms with van der Waals surface area (Å²) in [6, 6.07) is 4.12. The van der Waals surface area contributed by atoms with Gasteiger partial charge in [-0.1, -0.05) is 11.6 Å². The maximum atomic E-state index is 11.6. The summed E-state index contributed by atoms with van der Waals surface area (Å²) in [6.45, 7) is 0. The van der Waals surface area contributed by atoms with Gasteiger partial charge in [0.25, 0.3) is 0 Å². The predicted molar refractivity (Wildman–Crippen MR) is 66.0 cm³/mol. The molecule has 1 saturated carbocycles. The third-order valence-electron chi connectivity index (χ3n) is 2.44. The SMILES string of the molecule is NC(=O)Nc1ccc(Cl)c(NC(=O)C2CC2)c1. The summed E-state index contributed by atoms with van der Waals surface area (Å²) in [5, 5.41) is 5.57. The van der Waals surface area contributed by atoms with E-state index >= 15 is 0 Å². The highest BCUT2D eigenvalue weighted by atomic mass is 35.5. The van der Waals surface area contributed by atoms with Crippen molar-refractivity contribution in [3.05, 3.63) is 23.2 Å². The normalized spacial score (nSPS) is 14.2. The molecule has 0 unspecified atom stereocenters. The maximum Gasteiger partial charge on any atom is 0.316 e. The number of primary amides is 1. The number of hydrogen-bond donors (Lipinski definition) is 3. The average Bonchev–Trinajstić information content (AvgIpc) is 3.05. The summed E-state index contributed by atoms with van der Waals surface area (Å²) in [7, 11) is 0. The zero-order valence-corrected chi connectivity index (χ0v) is 9.75. The number of nitrogens with two attached hydrogens (primary N) is 1. The van der Waals surface area contributed by atoms with Crippen molar-refractivity contribution in [1.82, 2.24) is 0 Å². The van der Waals surface area contributed by atoms with Crippen LogP contribution in [0.2, 0.25) is 5.02 Å². The maximum absolute atomic E-state index is 11.6. The smallest absolute Gasteiger partial charge is 0.316 e. The lowest BCUT2D eigenvalue weighted by Gasteiger charge is -2.09. The van der Waals surface area contributed by atoms with Crippen LogP contribution in [0, 0.1) is 5.92 Å². The Hall–Kier alpha value is -1.75. The van der Waals surface area contributed by atoms with Gasteiger partial charge in [0.15, 0.2) is 0 Å². The van der Waals surface area contributed by atoms with Crippen LogP contribution in [0.3, 0.4) is 0 Å². The molecule has 0 atom stereocenters. The van der Waals surface area contributed by atoms with Gasteiger partial charge in [-0.05, 0) is 31.0 Å². The van der Waals surface area contributed by atoms with Crippen LogP contribution in [-0.4, -0.2) is 11.9 Å². The Bertz CT molecular complexity index is 472. The van der Waals surface area contributed by atoms with Crippen molar-refractivity contribution < 1.29 is 9.59 Å². The van der Waals surface area contributed by atoms with Crippen molar-refractivity contribution in [2.24, 2.45) is 11.7 Å². The minimum Gasteiger partial charge on any atom is -0.351 e. The molecule has 5 nitrogen and oxygen atoms in total. The molecule has 0 heterocycles. The number of carbonyl (C=O) groups is 2. The lowest BCUT2D eigenvalue weighted by molar-refractivity contribution is -0.117. The molecule has 0 aliphatic heterocycles. The van der Waals surface area contributed by atoms with Gasteiger partial charge in [-0.15, -0.1) is 0 Å². The molecule has 1 fully saturated rings. The highest BCUT2D eigenvalue weighted by Gasteiger charge is 2.29. The Balaban J connectivity index is 2.13. The molecule has 1 aromatic rings. The quantitative estimate of drug-likeness (QED) is 0.771. The van der Waals surface area contributed by atoms with Crippen molar-refractivity contribution in [2.45, 2.75) is 12.8 Å². The van der Waals surface area contributed by atoms with E-state index in [0.717, 1.165) is 12.8 Å². The van der Waals surface area contributed by atoms with Gasteiger partial charge in [-0.3, -0.25) is 4.79 Å². The number of hydrogen-bond acceptors (Lipinski definition) is 2. The van der Waals surface area contributed by atoms with Crippen LogP contribution in [0.15, 0.2) is 18.2 Å². The van der Waals surface area contributed by atoms with E-state index in [1.165, 1.54) is 0 Å². The van der Waals surface area contributed by atoms with Gasteiger partial charge in [-0.25, -0.2) is 4.79 Å². The first-order valence-corrected chi connectivity index (χ1v) is 5.61. The molecule has 2 rings (SSSR count). The van der Waals surface area contributed by atoms with Crippen LogP contribution in [0.4, 0.5) is 16.2 Å². The molecule has 1 aliphatic rings. The van der Waals surface area contributed by atoms with Gasteiger partial charge in [0.05, 0.1) is 10.7 Å². The topological polar surface area (TPSA) is 84.2 Å². The van der Waals surface area contributed by atoms with Crippen molar-refractivity contribution in [3.8, 4) is 0 Å². The second-order valence-electron chi connectivity index (χ2n) is 3.95. The van der Waals surface area contributed by atoms with Crippen LogP contribution in [0.1, 0.15) is 12.8 Å². The number of anilines is 2. The first-order valence-electron chi connectivity index (χ1n) is 5.23. The van der Waals surface area contributed by atoms with E-state index in [9.17, 15) is 9.59 Å². The minimum atomic E-state index is -0.660. The highest BCUT2D eigenvalue weighted by Crippen LogP contribution is 2.32. The third-order valence-corrected chi connectivity index (χ3v) is 2.77. The van der Waals surface area contributed by atoms with Crippen LogP contribution in [0.5, 0.6) is 0 Å². The van der Waals surface area contributed by atoms with E-state index in [1.54, 1.807) is 18.2 Å². The van der Waals surface area contributed by atoms with Crippen LogP contribution in [-0.2, 0) is 4.79 Å². The molecule has 0 spiro atoms. The monoisotopic (exact) mass is 253 g/mol. The fourth-order valence-corrected chi connectivity index (χ4v) is 1.59. The largest absolute Gasteiger partial charge is 0.351 e.